The van der Waals surface area contributed by atoms with Gasteiger partial charge in [0.05, 0.1) is 21.6 Å². The summed E-state index contributed by atoms with van der Waals surface area (Å²) in [7, 11) is -3.50. The number of nitrogens with zero attached hydrogens (tertiary/aromatic N) is 4. The number of aromatic nitrogens is 2. The molecular formula is C41H41ClFN7O6S. The number of allylic oxidation sites excluding steroid dienone is 1. The minimum Gasteiger partial charge on any atom is -0.455 e. The van der Waals surface area contributed by atoms with Crippen molar-refractivity contribution in [3.63, 3.8) is 0 Å². The molecule has 13 nitrogen and oxygen atoms in total. The second kappa shape index (κ2) is 15.4. The van der Waals surface area contributed by atoms with E-state index >= 15 is 0 Å². The number of halogens is 2. The zero-order chi connectivity index (χ0) is 39.9. The maximum absolute atomic E-state index is 14.8. The van der Waals surface area contributed by atoms with Crippen molar-refractivity contribution >= 4 is 61.2 Å². The number of nitrogens with one attached hydrogen (secondary N) is 3. The maximum Gasteiger partial charge on any atom is 0.296 e. The molecule has 1 saturated carbocycles. The van der Waals surface area contributed by atoms with Gasteiger partial charge in [-0.25, -0.2) is 22.5 Å². The van der Waals surface area contributed by atoms with E-state index in [9.17, 15) is 27.7 Å². The molecule has 0 radical (unpaired) electrons. The van der Waals surface area contributed by atoms with E-state index in [4.69, 9.17) is 16.3 Å². The number of pyridine rings is 1. The number of fused-ring (bicyclic) bond motifs is 1. The molecule has 8 rings (SSSR count). The Morgan fingerprint density at radius 1 is 1.05 bits per heavy atom. The van der Waals surface area contributed by atoms with Crippen molar-refractivity contribution in [2.45, 2.75) is 43.4 Å². The number of aromatic amines is 1. The molecule has 3 heterocycles. The second-order valence-electron chi connectivity index (χ2n) is 15.0. The van der Waals surface area contributed by atoms with E-state index in [0.717, 1.165) is 48.6 Å². The van der Waals surface area contributed by atoms with E-state index < -0.39 is 42.9 Å². The molecule has 1 aliphatic heterocycles. The molecule has 0 bridgehead atoms. The minimum atomic E-state index is -4.77. The van der Waals surface area contributed by atoms with Crippen LogP contribution in [0.4, 0.5) is 21.5 Å². The van der Waals surface area contributed by atoms with Gasteiger partial charge in [-0.1, -0.05) is 35.7 Å². The average molecular weight is 814 g/mol. The van der Waals surface area contributed by atoms with Gasteiger partial charge in [-0.05, 0) is 91.1 Å². The van der Waals surface area contributed by atoms with E-state index in [-0.39, 0.29) is 11.3 Å². The fourth-order valence-corrected chi connectivity index (χ4v) is 9.38. The minimum absolute atomic E-state index is 0.0619. The highest BCUT2D eigenvalue weighted by atomic mass is 35.5. The Kier molecular flexibility index (Phi) is 10.4. The van der Waals surface area contributed by atoms with Gasteiger partial charge in [0.15, 0.2) is 5.82 Å². The van der Waals surface area contributed by atoms with Crippen molar-refractivity contribution in [1.29, 1.82) is 0 Å². The maximum atomic E-state index is 14.8. The standard InChI is InChI=1S/C41H41ClFN7O6S/c1-44-38-35(43)21-32(22-36(38)50(52)53)57(54,55)47-40(51)33-8-7-30(20-37(33)56-31-19-27-10-14-45-39(27)46-24-31)49-17-15-48(16-18-49)25-28-9-13-41(11-2-12-41)23-34(28)26-3-5-29(42)6-4-26/h3-8,10,14,19-22,24,44H,2,9,11-13,15-18,23,25H2,1H3,(H,45,46)(H,47,51). The topological polar surface area (TPSA) is 163 Å². The van der Waals surface area contributed by atoms with Gasteiger partial charge in [-0.15, -0.1) is 0 Å². The predicted octanol–water partition coefficient (Wildman–Crippen LogP) is 8.15. The van der Waals surface area contributed by atoms with E-state index in [1.54, 1.807) is 24.4 Å². The Bertz CT molecular complexity index is 2510. The molecule has 3 N–H and O–H groups in total. The third-order valence-electron chi connectivity index (χ3n) is 11.5. The fourth-order valence-electron chi connectivity index (χ4n) is 8.26. The molecule has 0 atom stereocenters. The molecular weight excluding hydrogens is 773 g/mol. The number of benzene rings is 3. The summed E-state index contributed by atoms with van der Waals surface area (Å²) in [6, 6.07) is 18.0. The van der Waals surface area contributed by atoms with Gasteiger partial charge in [-0.2, -0.15) is 0 Å². The second-order valence-corrected chi connectivity index (χ2v) is 17.1. The van der Waals surface area contributed by atoms with Crippen molar-refractivity contribution in [3.8, 4) is 11.5 Å². The number of nitro benzene ring substituents is 1. The number of piperazine rings is 1. The number of H-pyrrole nitrogens is 1. The molecule has 57 heavy (non-hydrogen) atoms. The Morgan fingerprint density at radius 3 is 2.53 bits per heavy atom. The third kappa shape index (κ3) is 7.91. The van der Waals surface area contributed by atoms with Crippen molar-refractivity contribution in [2.75, 3.05) is 50.0 Å². The number of sulfonamides is 1. The summed E-state index contributed by atoms with van der Waals surface area (Å²) in [5.41, 5.74) is 4.64. The largest absolute Gasteiger partial charge is 0.455 e. The molecule has 1 saturated heterocycles. The number of carbonyl (C=O) groups is 1. The monoisotopic (exact) mass is 813 g/mol. The van der Waals surface area contributed by atoms with Crippen LogP contribution < -0.4 is 19.7 Å². The van der Waals surface area contributed by atoms with Crippen molar-refractivity contribution < 1.29 is 27.3 Å². The van der Waals surface area contributed by atoms with Crippen LogP contribution in [0.15, 0.2) is 89.6 Å². The van der Waals surface area contributed by atoms with Crippen molar-refractivity contribution in [3.05, 3.63) is 117 Å². The van der Waals surface area contributed by atoms with Crippen LogP contribution in [0.1, 0.15) is 54.4 Å². The summed E-state index contributed by atoms with van der Waals surface area (Å²) < 4.78 is 49.7. The fraction of sp³-hybridized carbons (Fsp3) is 0.317. The molecule has 3 aliphatic rings. The van der Waals surface area contributed by atoms with Crippen molar-refractivity contribution in [1.82, 2.24) is 19.6 Å². The van der Waals surface area contributed by atoms with Gasteiger partial charge in [0, 0.05) is 74.2 Å². The van der Waals surface area contributed by atoms with Gasteiger partial charge in [0.25, 0.3) is 21.6 Å². The predicted molar refractivity (Wildman–Crippen MR) is 217 cm³/mol. The van der Waals surface area contributed by atoms with Crippen LogP contribution in [0.5, 0.6) is 11.5 Å². The number of hydrogen-bond donors (Lipinski definition) is 3. The summed E-state index contributed by atoms with van der Waals surface area (Å²) in [5.74, 6) is -1.87. The van der Waals surface area contributed by atoms with Crippen molar-refractivity contribution in [2.24, 2.45) is 5.41 Å². The number of carbonyl (C=O) groups excluding carboxylic acids is 1. The highest BCUT2D eigenvalue weighted by Gasteiger charge is 2.41. The molecule has 1 spiro atoms. The number of hydrogen-bond acceptors (Lipinski definition) is 10. The van der Waals surface area contributed by atoms with Crippen LogP contribution in [-0.4, -0.2) is 73.9 Å². The van der Waals surface area contributed by atoms with Crippen LogP contribution in [0, 0.1) is 21.3 Å². The van der Waals surface area contributed by atoms with Crippen LogP contribution in [0.2, 0.25) is 5.02 Å². The Morgan fingerprint density at radius 2 is 1.82 bits per heavy atom. The normalized spacial score (nSPS) is 17.1. The number of ether oxygens (including phenoxy) is 1. The summed E-state index contributed by atoms with van der Waals surface area (Å²) in [6.45, 7) is 3.92. The van der Waals surface area contributed by atoms with Crippen LogP contribution in [0.3, 0.4) is 0 Å². The number of rotatable bonds is 11. The van der Waals surface area contributed by atoms with Gasteiger partial charge < -0.3 is 19.9 Å². The highest BCUT2D eigenvalue weighted by Crippen LogP contribution is 2.55. The highest BCUT2D eigenvalue weighted by molar-refractivity contribution is 7.90. The quantitative estimate of drug-likeness (QED) is 0.0877. The number of amides is 1. The van der Waals surface area contributed by atoms with Crippen LogP contribution in [-0.2, 0) is 10.0 Å². The van der Waals surface area contributed by atoms with Gasteiger partial charge in [-0.3, -0.25) is 19.8 Å². The Balaban J connectivity index is 1.03. The third-order valence-corrected chi connectivity index (χ3v) is 13.1. The van der Waals surface area contributed by atoms with E-state index in [1.807, 2.05) is 22.9 Å². The molecule has 2 aliphatic carbocycles. The SMILES string of the molecule is CNc1c(F)cc(S(=O)(=O)NC(=O)c2ccc(N3CCN(CC4=C(c5ccc(Cl)cc5)CC5(CCC5)CC4)CC3)cc2Oc2cnc3[nH]ccc3c2)cc1[N+](=O)[O-]. The number of anilines is 2. The van der Waals surface area contributed by atoms with E-state index in [1.165, 1.54) is 61.7 Å². The molecule has 0 unspecified atom stereocenters. The first kappa shape index (κ1) is 38.4. The van der Waals surface area contributed by atoms with Gasteiger partial charge in [0.2, 0.25) is 0 Å². The molecule has 1 amide bonds. The lowest BCUT2D eigenvalue weighted by atomic mass is 9.59. The Labute approximate surface area is 334 Å². The summed E-state index contributed by atoms with van der Waals surface area (Å²) in [5, 5.41) is 15.5. The summed E-state index contributed by atoms with van der Waals surface area (Å²) in [6.07, 6.45) is 10.6. The Hall–Kier alpha value is -5.51. The lowest BCUT2D eigenvalue weighted by Crippen LogP contribution is -2.47. The van der Waals surface area contributed by atoms with E-state index in [0.29, 0.717) is 42.0 Å². The zero-order valence-electron chi connectivity index (χ0n) is 31.2. The zero-order valence-corrected chi connectivity index (χ0v) is 32.8. The lowest BCUT2D eigenvalue weighted by Gasteiger charge is -2.47. The average Bonchev–Trinajstić information content (AvgIpc) is 3.66. The summed E-state index contributed by atoms with van der Waals surface area (Å²) >= 11 is 6.25. The van der Waals surface area contributed by atoms with E-state index in [2.05, 4.69) is 37.2 Å². The molecule has 2 aromatic heterocycles. The molecule has 3 aromatic carbocycles. The van der Waals surface area contributed by atoms with Gasteiger partial charge >= 0.3 is 0 Å². The lowest BCUT2D eigenvalue weighted by molar-refractivity contribution is -0.384. The molecule has 296 valence electrons. The smallest absolute Gasteiger partial charge is 0.296 e. The summed E-state index contributed by atoms with van der Waals surface area (Å²) in [4.78, 5) is 35.7. The number of nitro groups is 1. The first-order valence-electron chi connectivity index (χ1n) is 18.8. The first-order valence-corrected chi connectivity index (χ1v) is 20.7. The molecule has 5 aromatic rings. The van der Waals surface area contributed by atoms with Crippen LogP contribution in [0.25, 0.3) is 16.6 Å². The molecule has 2 fully saturated rings. The van der Waals surface area contributed by atoms with Gasteiger partial charge in [0.1, 0.15) is 22.8 Å². The first-order chi connectivity index (χ1) is 27.4. The van der Waals surface area contributed by atoms with Crippen LogP contribution >= 0.6 is 11.6 Å². The molecule has 16 heteroatoms.